The number of fused-ring (bicyclic) bond motifs is 1. The van der Waals surface area contributed by atoms with Gasteiger partial charge in [-0.25, -0.2) is 4.63 Å². The van der Waals surface area contributed by atoms with Crippen LogP contribution in [0.3, 0.4) is 0 Å². The van der Waals surface area contributed by atoms with Gasteiger partial charge in [-0.1, -0.05) is 34.0 Å². The summed E-state index contributed by atoms with van der Waals surface area (Å²) in [6, 6.07) is 6.11. The van der Waals surface area contributed by atoms with Crippen molar-refractivity contribution in [2.45, 2.75) is 26.4 Å². The van der Waals surface area contributed by atoms with E-state index in [-0.39, 0.29) is 0 Å². The van der Waals surface area contributed by atoms with Gasteiger partial charge in [0.25, 0.3) is 0 Å². The van der Waals surface area contributed by atoms with Crippen LogP contribution in [-0.4, -0.2) is 21.8 Å². The molecule has 2 heterocycles. The molecular formula is C13H14ClN3O. The Bertz CT molecular complexity index is 567. The molecule has 18 heavy (non-hydrogen) atoms. The lowest BCUT2D eigenvalue weighted by atomic mass is 9.99. The fraction of sp³-hybridized carbons (Fsp3) is 0.385. The average molecular weight is 264 g/mol. The summed E-state index contributed by atoms with van der Waals surface area (Å²) < 4.78 is 4.73. The standard InChI is InChI=1S/C13H14ClN3O/c1-9-13(16-18-15-9)8-17-6-5-11-10(7-17)3-2-4-12(11)14/h2-4H,5-8H2,1H3. The SMILES string of the molecule is Cc1nonc1CN1CCc2c(Cl)cccc2C1. The molecule has 4 nitrogen and oxygen atoms in total. The molecule has 0 atom stereocenters. The summed E-state index contributed by atoms with van der Waals surface area (Å²) in [5.74, 6) is 0. The number of rotatable bonds is 2. The second-order valence-electron chi connectivity index (χ2n) is 4.63. The van der Waals surface area contributed by atoms with Crippen molar-refractivity contribution in [2.24, 2.45) is 0 Å². The van der Waals surface area contributed by atoms with Gasteiger partial charge < -0.3 is 0 Å². The van der Waals surface area contributed by atoms with E-state index >= 15 is 0 Å². The first-order chi connectivity index (χ1) is 8.74. The van der Waals surface area contributed by atoms with E-state index in [2.05, 4.69) is 21.3 Å². The second kappa shape index (κ2) is 4.71. The Kier molecular flexibility index (Phi) is 3.06. The summed E-state index contributed by atoms with van der Waals surface area (Å²) in [6.07, 6.45) is 0.985. The van der Waals surface area contributed by atoms with Gasteiger partial charge in [0.15, 0.2) is 0 Å². The summed E-state index contributed by atoms with van der Waals surface area (Å²) in [7, 11) is 0. The molecule has 0 saturated heterocycles. The van der Waals surface area contributed by atoms with Gasteiger partial charge in [-0.3, -0.25) is 4.90 Å². The maximum absolute atomic E-state index is 6.20. The van der Waals surface area contributed by atoms with Crippen LogP contribution in [0.5, 0.6) is 0 Å². The average Bonchev–Trinajstić information content (AvgIpc) is 2.75. The molecule has 94 valence electrons. The first kappa shape index (κ1) is 11.7. The van der Waals surface area contributed by atoms with Gasteiger partial charge in [-0.05, 0) is 30.5 Å². The van der Waals surface area contributed by atoms with Crippen LogP contribution in [0.2, 0.25) is 5.02 Å². The Morgan fingerprint density at radius 1 is 1.39 bits per heavy atom. The minimum Gasteiger partial charge on any atom is -0.293 e. The van der Waals surface area contributed by atoms with Crippen molar-refractivity contribution in [1.29, 1.82) is 0 Å². The zero-order valence-electron chi connectivity index (χ0n) is 10.2. The van der Waals surface area contributed by atoms with Crippen molar-refractivity contribution >= 4 is 11.6 Å². The van der Waals surface area contributed by atoms with Gasteiger partial charge in [0.05, 0.1) is 0 Å². The second-order valence-corrected chi connectivity index (χ2v) is 5.04. The highest BCUT2D eigenvalue weighted by Crippen LogP contribution is 2.26. The van der Waals surface area contributed by atoms with E-state index in [0.717, 1.165) is 42.5 Å². The lowest BCUT2D eigenvalue weighted by Crippen LogP contribution is -2.30. The maximum atomic E-state index is 6.20. The molecule has 0 aliphatic carbocycles. The minimum atomic E-state index is 0.779. The van der Waals surface area contributed by atoms with E-state index in [1.807, 2.05) is 19.1 Å². The molecular weight excluding hydrogens is 250 g/mol. The smallest absolute Gasteiger partial charge is 0.122 e. The van der Waals surface area contributed by atoms with E-state index < -0.39 is 0 Å². The third kappa shape index (κ3) is 2.13. The summed E-state index contributed by atoms with van der Waals surface area (Å²) in [5, 5.41) is 8.62. The summed E-state index contributed by atoms with van der Waals surface area (Å²) in [4.78, 5) is 2.34. The first-order valence-corrected chi connectivity index (χ1v) is 6.38. The van der Waals surface area contributed by atoms with Crippen LogP contribution in [0.25, 0.3) is 0 Å². The van der Waals surface area contributed by atoms with Crippen molar-refractivity contribution in [1.82, 2.24) is 15.2 Å². The van der Waals surface area contributed by atoms with E-state index in [1.54, 1.807) is 0 Å². The molecule has 5 heteroatoms. The van der Waals surface area contributed by atoms with Crippen LogP contribution in [0.1, 0.15) is 22.5 Å². The normalized spacial score (nSPS) is 15.7. The third-order valence-electron chi connectivity index (χ3n) is 3.41. The molecule has 0 amide bonds. The van der Waals surface area contributed by atoms with Crippen LogP contribution in [-0.2, 0) is 19.5 Å². The van der Waals surface area contributed by atoms with Crippen LogP contribution in [0.4, 0.5) is 0 Å². The van der Waals surface area contributed by atoms with Crippen LogP contribution >= 0.6 is 11.6 Å². The lowest BCUT2D eigenvalue weighted by molar-refractivity contribution is 0.233. The molecule has 1 aromatic heterocycles. The van der Waals surface area contributed by atoms with E-state index in [1.165, 1.54) is 11.1 Å². The number of halogens is 1. The van der Waals surface area contributed by atoms with Crippen LogP contribution in [0, 0.1) is 6.92 Å². The van der Waals surface area contributed by atoms with Crippen LogP contribution < -0.4 is 0 Å². The van der Waals surface area contributed by atoms with Crippen LogP contribution in [0.15, 0.2) is 22.8 Å². The van der Waals surface area contributed by atoms with Gasteiger partial charge in [0, 0.05) is 24.7 Å². The maximum Gasteiger partial charge on any atom is 0.122 e. The highest BCUT2D eigenvalue weighted by Gasteiger charge is 2.19. The number of benzene rings is 1. The Balaban J connectivity index is 1.77. The van der Waals surface area contributed by atoms with E-state index in [4.69, 9.17) is 16.2 Å². The molecule has 1 aliphatic rings. The zero-order chi connectivity index (χ0) is 12.5. The van der Waals surface area contributed by atoms with Crippen molar-refractivity contribution in [3.63, 3.8) is 0 Å². The predicted molar refractivity (Wildman–Crippen MR) is 68.3 cm³/mol. The molecule has 3 rings (SSSR count). The number of aromatic nitrogens is 2. The Hall–Kier alpha value is -1.39. The molecule has 0 unspecified atom stereocenters. The third-order valence-corrected chi connectivity index (χ3v) is 3.76. The Morgan fingerprint density at radius 2 is 2.28 bits per heavy atom. The number of nitrogens with zero attached hydrogens (tertiary/aromatic N) is 3. The predicted octanol–water partition coefficient (Wildman–Crippen LogP) is 2.59. The Morgan fingerprint density at radius 3 is 3.06 bits per heavy atom. The largest absolute Gasteiger partial charge is 0.293 e. The van der Waals surface area contributed by atoms with Crippen molar-refractivity contribution in [2.75, 3.05) is 6.54 Å². The molecule has 1 aliphatic heterocycles. The molecule has 0 saturated carbocycles. The van der Waals surface area contributed by atoms with E-state index in [9.17, 15) is 0 Å². The molecule has 0 fully saturated rings. The monoisotopic (exact) mass is 263 g/mol. The fourth-order valence-electron chi connectivity index (χ4n) is 2.36. The zero-order valence-corrected chi connectivity index (χ0v) is 10.9. The van der Waals surface area contributed by atoms with Crippen molar-refractivity contribution < 1.29 is 4.63 Å². The van der Waals surface area contributed by atoms with Gasteiger partial charge >= 0.3 is 0 Å². The molecule has 0 radical (unpaired) electrons. The molecule has 1 aromatic carbocycles. The summed E-state index contributed by atoms with van der Waals surface area (Å²) in [5.41, 5.74) is 4.38. The minimum absolute atomic E-state index is 0.779. The summed E-state index contributed by atoms with van der Waals surface area (Å²) >= 11 is 6.20. The van der Waals surface area contributed by atoms with Gasteiger partial charge in [0.1, 0.15) is 11.4 Å². The first-order valence-electron chi connectivity index (χ1n) is 6.00. The molecule has 2 aromatic rings. The number of hydrogen-bond donors (Lipinski definition) is 0. The molecule has 0 N–H and O–H groups in total. The fourth-order valence-corrected chi connectivity index (χ4v) is 2.65. The summed E-state index contributed by atoms with van der Waals surface area (Å²) in [6.45, 7) is 4.59. The molecule has 0 bridgehead atoms. The van der Waals surface area contributed by atoms with Crippen molar-refractivity contribution in [3.05, 3.63) is 45.7 Å². The quantitative estimate of drug-likeness (QED) is 0.835. The van der Waals surface area contributed by atoms with Gasteiger partial charge in [-0.15, -0.1) is 0 Å². The lowest BCUT2D eigenvalue weighted by Gasteiger charge is -2.28. The highest BCUT2D eigenvalue weighted by molar-refractivity contribution is 6.31. The van der Waals surface area contributed by atoms with Gasteiger partial charge in [0.2, 0.25) is 0 Å². The Labute approximate surface area is 111 Å². The molecule has 0 spiro atoms. The van der Waals surface area contributed by atoms with Crippen molar-refractivity contribution in [3.8, 4) is 0 Å². The van der Waals surface area contributed by atoms with E-state index in [0.29, 0.717) is 0 Å². The highest BCUT2D eigenvalue weighted by atomic mass is 35.5. The number of hydrogen-bond acceptors (Lipinski definition) is 4. The van der Waals surface area contributed by atoms with Gasteiger partial charge in [-0.2, -0.15) is 0 Å². The number of aryl methyl sites for hydroxylation is 1. The topological polar surface area (TPSA) is 42.2 Å².